The fourth-order valence-electron chi connectivity index (χ4n) is 2.38. The number of rotatable bonds is 9. The van der Waals surface area contributed by atoms with E-state index in [1.807, 2.05) is 20.0 Å². The van der Waals surface area contributed by atoms with Gasteiger partial charge in [0.2, 0.25) is 10.0 Å². The second kappa shape index (κ2) is 11.0. The first-order chi connectivity index (χ1) is 11.5. The van der Waals surface area contributed by atoms with E-state index in [0.717, 1.165) is 18.5 Å². The number of sulfonamides is 1. The van der Waals surface area contributed by atoms with Gasteiger partial charge in [-0.25, -0.2) is 18.1 Å². The van der Waals surface area contributed by atoms with Crippen molar-refractivity contribution in [1.29, 1.82) is 0 Å². The highest BCUT2D eigenvalue weighted by Gasteiger charge is 2.20. The molecule has 25 heavy (non-hydrogen) atoms. The van der Waals surface area contributed by atoms with Crippen LogP contribution in [0.5, 0.6) is 0 Å². The van der Waals surface area contributed by atoms with Crippen molar-refractivity contribution in [2.75, 3.05) is 25.4 Å². The summed E-state index contributed by atoms with van der Waals surface area (Å²) in [6.45, 7) is 4.05. The highest BCUT2D eigenvalue weighted by atomic mass is 127. The van der Waals surface area contributed by atoms with Crippen molar-refractivity contribution in [1.82, 2.24) is 25.1 Å². The van der Waals surface area contributed by atoms with Gasteiger partial charge < -0.3 is 10.6 Å². The first kappa shape index (κ1) is 22.2. The Kier molecular flexibility index (Phi) is 9.72. The summed E-state index contributed by atoms with van der Waals surface area (Å²) in [4.78, 5) is 4.45. The molecule has 2 rings (SSSR count). The summed E-state index contributed by atoms with van der Waals surface area (Å²) in [6, 6.07) is 1.90. The van der Waals surface area contributed by atoms with Gasteiger partial charge >= 0.3 is 0 Å². The first-order valence-corrected chi connectivity index (χ1v) is 10.1. The van der Waals surface area contributed by atoms with E-state index in [-0.39, 0.29) is 29.7 Å². The number of aliphatic imine (C=N–C) groups is 1. The third-order valence-electron chi connectivity index (χ3n) is 4.15. The molecule has 1 aromatic heterocycles. The van der Waals surface area contributed by atoms with E-state index in [1.54, 1.807) is 10.9 Å². The van der Waals surface area contributed by atoms with Crippen LogP contribution in [-0.4, -0.2) is 49.5 Å². The molecule has 0 aromatic carbocycles. The van der Waals surface area contributed by atoms with Crippen LogP contribution < -0.4 is 15.4 Å². The van der Waals surface area contributed by atoms with Crippen molar-refractivity contribution in [3.8, 4) is 0 Å². The Labute approximate surface area is 167 Å². The number of aryl methyl sites for hydroxylation is 1. The molecule has 1 aromatic rings. The quantitative estimate of drug-likeness (QED) is 0.274. The van der Waals surface area contributed by atoms with Gasteiger partial charge in [0.1, 0.15) is 0 Å². The molecule has 10 heteroatoms. The maximum Gasteiger partial charge on any atom is 0.213 e. The maximum absolute atomic E-state index is 12.0. The topological polar surface area (TPSA) is 100 Å². The molecule has 1 saturated carbocycles. The molecule has 0 spiro atoms. The summed E-state index contributed by atoms with van der Waals surface area (Å²) >= 11 is 0. The number of nitrogens with one attached hydrogen (secondary N) is 3. The predicted octanol–water partition coefficient (Wildman–Crippen LogP) is 0.813. The lowest BCUT2D eigenvalue weighted by Gasteiger charge is -2.25. The largest absolute Gasteiger partial charge is 0.357 e. The molecule has 1 aliphatic rings. The van der Waals surface area contributed by atoms with Crippen LogP contribution in [0.25, 0.3) is 0 Å². The third-order valence-corrected chi connectivity index (χ3v) is 5.49. The van der Waals surface area contributed by atoms with Crippen molar-refractivity contribution in [3.05, 3.63) is 18.0 Å². The Morgan fingerprint density at radius 3 is 2.72 bits per heavy atom. The van der Waals surface area contributed by atoms with Crippen LogP contribution in [-0.2, 0) is 23.6 Å². The summed E-state index contributed by atoms with van der Waals surface area (Å²) < 4.78 is 28.4. The van der Waals surface area contributed by atoms with E-state index in [9.17, 15) is 8.42 Å². The molecule has 0 bridgehead atoms. The summed E-state index contributed by atoms with van der Waals surface area (Å²) in [5.41, 5.74) is 0.988. The standard InChI is InChI=1S/C15H28N6O2S.HI/c1-3-16-15(18-12-14-7-8-19-21(14)2)17-9-10-24(22,23)20-11-13-5-4-6-13;/h7-8,13,20H,3-6,9-12H2,1-2H3,(H2,16,17,18);1H. The summed E-state index contributed by atoms with van der Waals surface area (Å²) in [6.07, 6.45) is 5.21. The molecule has 8 nitrogen and oxygen atoms in total. The second-order valence-electron chi connectivity index (χ2n) is 6.03. The predicted molar refractivity (Wildman–Crippen MR) is 111 cm³/mol. The Bertz CT molecular complexity index is 642. The van der Waals surface area contributed by atoms with E-state index in [2.05, 4.69) is 25.4 Å². The molecular weight excluding hydrogens is 455 g/mol. The molecular formula is C15H29IN6O2S. The van der Waals surface area contributed by atoms with E-state index in [1.165, 1.54) is 6.42 Å². The smallest absolute Gasteiger partial charge is 0.213 e. The Morgan fingerprint density at radius 2 is 2.16 bits per heavy atom. The lowest BCUT2D eigenvalue weighted by molar-refractivity contribution is 0.316. The Balaban J connectivity index is 0.00000312. The summed E-state index contributed by atoms with van der Waals surface area (Å²) in [5, 5.41) is 10.3. The number of halogens is 1. The zero-order valence-electron chi connectivity index (χ0n) is 14.9. The van der Waals surface area contributed by atoms with Gasteiger partial charge in [-0.3, -0.25) is 4.68 Å². The summed E-state index contributed by atoms with van der Waals surface area (Å²) in [7, 11) is -1.37. The number of aromatic nitrogens is 2. The zero-order valence-corrected chi connectivity index (χ0v) is 18.0. The highest BCUT2D eigenvalue weighted by molar-refractivity contribution is 14.0. The van der Waals surface area contributed by atoms with E-state index >= 15 is 0 Å². The molecule has 0 unspecified atom stereocenters. The van der Waals surface area contributed by atoms with Gasteiger partial charge in [0, 0.05) is 32.9 Å². The monoisotopic (exact) mass is 484 g/mol. The number of nitrogens with zero attached hydrogens (tertiary/aromatic N) is 3. The second-order valence-corrected chi connectivity index (χ2v) is 7.96. The number of hydrogen-bond donors (Lipinski definition) is 3. The molecule has 0 amide bonds. The van der Waals surface area contributed by atoms with Gasteiger partial charge in [0.25, 0.3) is 0 Å². The SMILES string of the molecule is CCNC(=NCc1ccnn1C)NCCS(=O)(=O)NCC1CCC1.I. The molecule has 0 radical (unpaired) electrons. The Hall–Kier alpha value is -0.880. The van der Waals surface area contributed by atoms with Gasteiger partial charge in [-0.1, -0.05) is 6.42 Å². The van der Waals surface area contributed by atoms with Gasteiger partial charge in [-0.05, 0) is 31.7 Å². The van der Waals surface area contributed by atoms with Crippen molar-refractivity contribution >= 4 is 40.0 Å². The minimum Gasteiger partial charge on any atom is -0.357 e. The maximum atomic E-state index is 12.0. The molecule has 0 atom stereocenters. The number of guanidine groups is 1. The molecule has 0 aliphatic heterocycles. The highest BCUT2D eigenvalue weighted by Crippen LogP contribution is 2.25. The van der Waals surface area contributed by atoms with Crippen LogP contribution in [0.2, 0.25) is 0 Å². The van der Waals surface area contributed by atoms with Gasteiger partial charge in [-0.2, -0.15) is 5.10 Å². The van der Waals surface area contributed by atoms with E-state index < -0.39 is 10.0 Å². The van der Waals surface area contributed by atoms with E-state index in [4.69, 9.17) is 0 Å². The van der Waals surface area contributed by atoms with Gasteiger partial charge in [0.15, 0.2) is 5.96 Å². The minimum absolute atomic E-state index is 0. The number of hydrogen-bond acceptors (Lipinski definition) is 4. The molecule has 144 valence electrons. The Morgan fingerprint density at radius 1 is 1.40 bits per heavy atom. The van der Waals surface area contributed by atoms with Crippen molar-refractivity contribution in [2.24, 2.45) is 18.0 Å². The van der Waals surface area contributed by atoms with Crippen molar-refractivity contribution in [3.63, 3.8) is 0 Å². The fourth-order valence-corrected chi connectivity index (χ4v) is 3.38. The lowest BCUT2D eigenvalue weighted by atomic mass is 9.86. The van der Waals surface area contributed by atoms with Crippen LogP contribution in [0.3, 0.4) is 0 Å². The van der Waals surface area contributed by atoms with Gasteiger partial charge in [0.05, 0.1) is 18.0 Å². The molecule has 1 fully saturated rings. The van der Waals surface area contributed by atoms with Crippen LogP contribution in [0.1, 0.15) is 31.9 Å². The normalized spacial score (nSPS) is 15.4. The molecule has 0 saturated heterocycles. The molecule has 1 heterocycles. The average molecular weight is 484 g/mol. The first-order valence-electron chi connectivity index (χ1n) is 8.46. The third kappa shape index (κ3) is 7.90. The molecule has 3 N–H and O–H groups in total. The van der Waals surface area contributed by atoms with Gasteiger partial charge in [-0.15, -0.1) is 24.0 Å². The molecule has 1 aliphatic carbocycles. The van der Waals surface area contributed by atoms with E-state index in [0.29, 0.717) is 38.1 Å². The summed E-state index contributed by atoms with van der Waals surface area (Å²) in [5.74, 6) is 1.16. The zero-order chi connectivity index (χ0) is 17.4. The van der Waals surface area contributed by atoms with Crippen molar-refractivity contribution in [2.45, 2.75) is 32.7 Å². The fraction of sp³-hybridized carbons (Fsp3) is 0.733. The average Bonchev–Trinajstić information content (AvgIpc) is 2.88. The van der Waals surface area contributed by atoms with Crippen molar-refractivity contribution < 1.29 is 8.42 Å². The van der Waals surface area contributed by atoms with Crippen LogP contribution >= 0.6 is 24.0 Å². The van der Waals surface area contributed by atoms with Crippen LogP contribution in [0.15, 0.2) is 17.3 Å². The lowest BCUT2D eigenvalue weighted by Crippen LogP contribution is -2.42. The van der Waals surface area contributed by atoms with Crippen LogP contribution in [0, 0.1) is 5.92 Å². The minimum atomic E-state index is -3.24. The van der Waals surface area contributed by atoms with Crippen LogP contribution in [0.4, 0.5) is 0 Å².